The quantitative estimate of drug-likeness (QED) is 0.463. The fraction of sp³-hybridized carbons (Fsp3) is 0.500. The smallest absolute Gasteiger partial charge is 0.123 e. The first-order valence-electron chi connectivity index (χ1n) is 6.82. The first kappa shape index (κ1) is 17.6. The van der Waals surface area contributed by atoms with Crippen molar-refractivity contribution in [1.82, 2.24) is 5.32 Å². The molecule has 0 spiro atoms. The molecule has 0 saturated carbocycles. The van der Waals surface area contributed by atoms with Crippen LogP contribution in [0, 0.1) is 0 Å². The predicted octanol–water partition coefficient (Wildman–Crippen LogP) is 4.02. The van der Waals surface area contributed by atoms with E-state index in [-0.39, 0.29) is 12.4 Å². The standard InChI is InChI=1S/C16H26FNO/c1-4-9-16(17)12-14(2)15(3)13-18-10-7-5-6-8-11-19/h4,9,12-13,18-19H,2,5-8,10-11H2,1,3H3/b9-4-,15-13-,16-12+. The molecule has 0 heterocycles. The van der Waals surface area contributed by atoms with E-state index in [1.807, 2.05) is 13.1 Å². The van der Waals surface area contributed by atoms with Gasteiger partial charge in [-0.05, 0) is 56.2 Å². The minimum absolute atomic E-state index is 0.274. The fourth-order valence-electron chi connectivity index (χ4n) is 1.50. The van der Waals surface area contributed by atoms with E-state index in [0.29, 0.717) is 5.57 Å². The van der Waals surface area contributed by atoms with Gasteiger partial charge in [0, 0.05) is 13.2 Å². The Bertz CT molecular complexity index is 343. The third kappa shape index (κ3) is 10.3. The number of allylic oxidation sites excluding steroid dienone is 6. The minimum atomic E-state index is -0.288. The number of aliphatic hydroxyl groups excluding tert-OH is 1. The molecule has 19 heavy (non-hydrogen) atoms. The summed E-state index contributed by atoms with van der Waals surface area (Å²) in [5, 5.41) is 11.8. The number of unbranched alkanes of at least 4 members (excludes halogenated alkanes) is 3. The van der Waals surface area contributed by atoms with Crippen molar-refractivity contribution < 1.29 is 9.50 Å². The molecule has 0 atom stereocenters. The summed E-state index contributed by atoms with van der Waals surface area (Å²) in [7, 11) is 0. The number of hydrogen-bond acceptors (Lipinski definition) is 2. The highest BCUT2D eigenvalue weighted by Gasteiger charge is 1.95. The maximum atomic E-state index is 13.2. The monoisotopic (exact) mass is 267 g/mol. The number of aliphatic hydroxyl groups is 1. The zero-order chi connectivity index (χ0) is 14.5. The van der Waals surface area contributed by atoms with Gasteiger partial charge in [-0.15, -0.1) is 0 Å². The lowest BCUT2D eigenvalue weighted by atomic mass is 10.1. The molecule has 0 amide bonds. The van der Waals surface area contributed by atoms with Crippen molar-refractivity contribution in [3.05, 3.63) is 48.0 Å². The van der Waals surface area contributed by atoms with Crippen LogP contribution in [-0.4, -0.2) is 18.3 Å². The number of hydrogen-bond donors (Lipinski definition) is 2. The lowest BCUT2D eigenvalue weighted by molar-refractivity contribution is 0.282. The van der Waals surface area contributed by atoms with Gasteiger partial charge < -0.3 is 10.4 Å². The predicted molar refractivity (Wildman–Crippen MR) is 80.5 cm³/mol. The van der Waals surface area contributed by atoms with Gasteiger partial charge in [0.15, 0.2) is 0 Å². The molecule has 2 nitrogen and oxygen atoms in total. The maximum Gasteiger partial charge on any atom is 0.123 e. The summed E-state index contributed by atoms with van der Waals surface area (Å²) in [5.41, 5.74) is 1.60. The lowest BCUT2D eigenvalue weighted by Crippen LogP contribution is -2.08. The summed E-state index contributed by atoms with van der Waals surface area (Å²) in [6.07, 6.45) is 10.5. The van der Waals surface area contributed by atoms with Crippen molar-refractivity contribution in [1.29, 1.82) is 0 Å². The Morgan fingerprint density at radius 1 is 1.26 bits per heavy atom. The Morgan fingerprint density at radius 3 is 2.58 bits per heavy atom. The second kappa shape index (κ2) is 11.7. The van der Waals surface area contributed by atoms with Gasteiger partial charge in [-0.2, -0.15) is 0 Å². The Hall–Kier alpha value is -1.35. The molecule has 0 aromatic heterocycles. The normalized spacial score (nSPS) is 13.1. The highest BCUT2D eigenvalue weighted by atomic mass is 19.1. The summed E-state index contributed by atoms with van der Waals surface area (Å²) in [5.74, 6) is -0.288. The third-order valence-electron chi connectivity index (χ3n) is 2.69. The molecule has 0 rings (SSSR count). The number of rotatable bonds is 10. The second-order valence-electron chi connectivity index (χ2n) is 4.47. The largest absolute Gasteiger partial charge is 0.396 e. The van der Waals surface area contributed by atoms with E-state index in [0.717, 1.165) is 37.8 Å². The van der Waals surface area contributed by atoms with Crippen LogP contribution in [0.15, 0.2) is 48.0 Å². The SMILES string of the molecule is C=C(/C=C(F)\C=C/C)/C(C)=C\NCCCCCCO. The van der Waals surface area contributed by atoms with Crippen molar-refractivity contribution in [2.24, 2.45) is 0 Å². The highest BCUT2D eigenvalue weighted by molar-refractivity contribution is 5.38. The van der Waals surface area contributed by atoms with Crippen LogP contribution in [0.3, 0.4) is 0 Å². The van der Waals surface area contributed by atoms with Crippen LogP contribution < -0.4 is 5.32 Å². The second-order valence-corrected chi connectivity index (χ2v) is 4.47. The average molecular weight is 267 g/mol. The molecule has 0 saturated heterocycles. The Morgan fingerprint density at radius 2 is 1.95 bits per heavy atom. The van der Waals surface area contributed by atoms with E-state index in [4.69, 9.17) is 5.11 Å². The molecule has 0 unspecified atom stereocenters. The molecule has 0 aliphatic rings. The molecule has 0 bridgehead atoms. The van der Waals surface area contributed by atoms with Gasteiger partial charge in [0.05, 0.1) is 0 Å². The van der Waals surface area contributed by atoms with Crippen LogP contribution in [0.2, 0.25) is 0 Å². The summed E-state index contributed by atoms with van der Waals surface area (Å²) in [6, 6.07) is 0. The van der Waals surface area contributed by atoms with Crippen LogP contribution in [0.4, 0.5) is 4.39 Å². The molecular weight excluding hydrogens is 241 g/mol. The van der Waals surface area contributed by atoms with Gasteiger partial charge in [0.25, 0.3) is 0 Å². The van der Waals surface area contributed by atoms with Gasteiger partial charge in [-0.1, -0.05) is 25.5 Å². The summed E-state index contributed by atoms with van der Waals surface area (Å²) in [4.78, 5) is 0. The zero-order valence-electron chi connectivity index (χ0n) is 12.1. The van der Waals surface area contributed by atoms with Crippen molar-refractivity contribution in [2.45, 2.75) is 39.5 Å². The molecule has 0 aliphatic heterocycles. The summed E-state index contributed by atoms with van der Waals surface area (Å²) < 4.78 is 13.2. The Kier molecular flexibility index (Phi) is 10.9. The van der Waals surface area contributed by atoms with E-state index < -0.39 is 0 Å². The number of halogens is 1. The van der Waals surface area contributed by atoms with E-state index in [9.17, 15) is 4.39 Å². The topological polar surface area (TPSA) is 32.3 Å². The molecule has 0 aromatic carbocycles. The van der Waals surface area contributed by atoms with Crippen molar-refractivity contribution in [2.75, 3.05) is 13.2 Å². The van der Waals surface area contributed by atoms with Crippen molar-refractivity contribution >= 4 is 0 Å². The molecule has 2 N–H and O–H groups in total. The zero-order valence-corrected chi connectivity index (χ0v) is 12.1. The van der Waals surface area contributed by atoms with Gasteiger partial charge >= 0.3 is 0 Å². The van der Waals surface area contributed by atoms with Gasteiger partial charge in [-0.3, -0.25) is 0 Å². The number of nitrogens with one attached hydrogen (secondary N) is 1. The fourth-order valence-corrected chi connectivity index (χ4v) is 1.50. The average Bonchev–Trinajstić information content (AvgIpc) is 2.37. The van der Waals surface area contributed by atoms with Crippen molar-refractivity contribution in [3.63, 3.8) is 0 Å². The first-order chi connectivity index (χ1) is 9.11. The lowest BCUT2D eigenvalue weighted by Gasteiger charge is -2.04. The summed E-state index contributed by atoms with van der Waals surface area (Å²) in [6.45, 7) is 8.67. The first-order valence-corrected chi connectivity index (χ1v) is 6.82. The van der Waals surface area contributed by atoms with Crippen molar-refractivity contribution in [3.8, 4) is 0 Å². The van der Waals surface area contributed by atoms with Gasteiger partial charge in [0.2, 0.25) is 0 Å². The molecular formula is C16H26FNO. The van der Waals surface area contributed by atoms with E-state index in [1.54, 1.807) is 13.0 Å². The van der Waals surface area contributed by atoms with Crippen LogP contribution in [0.25, 0.3) is 0 Å². The Labute approximate surface area is 116 Å². The van der Waals surface area contributed by atoms with Crippen LogP contribution in [-0.2, 0) is 0 Å². The molecule has 108 valence electrons. The van der Waals surface area contributed by atoms with Crippen LogP contribution in [0.5, 0.6) is 0 Å². The third-order valence-corrected chi connectivity index (χ3v) is 2.69. The highest BCUT2D eigenvalue weighted by Crippen LogP contribution is 2.11. The van der Waals surface area contributed by atoms with Crippen LogP contribution in [0.1, 0.15) is 39.5 Å². The molecule has 0 aliphatic carbocycles. The van der Waals surface area contributed by atoms with E-state index in [1.165, 1.54) is 12.2 Å². The molecule has 0 aromatic rings. The molecule has 3 heteroatoms. The van der Waals surface area contributed by atoms with E-state index in [2.05, 4.69) is 11.9 Å². The van der Waals surface area contributed by atoms with Crippen LogP contribution >= 0.6 is 0 Å². The van der Waals surface area contributed by atoms with Gasteiger partial charge in [0.1, 0.15) is 5.83 Å². The van der Waals surface area contributed by atoms with E-state index >= 15 is 0 Å². The summed E-state index contributed by atoms with van der Waals surface area (Å²) >= 11 is 0. The Balaban J connectivity index is 3.93. The molecule has 0 fully saturated rings. The minimum Gasteiger partial charge on any atom is -0.396 e. The maximum absolute atomic E-state index is 13.2. The van der Waals surface area contributed by atoms with Gasteiger partial charge in [-0.25, -0.2) is 4.39 Å². The molecule has 0 radical (unpaired) electrons.